The molecule has 2 heterocycles. The number of amides is 1. The van der Waals surface area contributed by atoms with Gasteiger partial charge < -0.3 is 15.7 Å². The van der Waals surface area contributed by atoms with Crippen LogP contribution in [-0.4, -0.2) is 11.0 Å². The van der Waals surface area contributed by atoms with Gasteiger partial charge in [-0.2, -0.15) is 0 Å². The van der Waals surface area contributed by atoms with Gasteiger partial charge in [-0.05, 0) is 37.1 Å². The lowest BCUT2D eigenvalue weighted by molar-refractivity contribution is 0.0936. The van der Waals surface area contributed by atoms with Crippen LogP contribution in [0.5, 0.6) is 5.75 Å². The zero-order valence-corrected chi connectivity index (χ0v) is 11.5. The number of aryl methyl sites for hydroxylation is 1. The summed E-state index contributed by atoms with van der Waals surface area (Å²) in [5.74, 6) is 0.170. The molecule has 0 unspecified atom stereocenters. The molecule has 98 valence electrons. The third-order valence-corrected chi connectivity index (χ3v) is 4.53. The molecule has 19 heavy (non-hydrogen) atoms. The van der Waals surface area contributed by atoms with Gasteiger partial charge >= 0.3 is 0 Å². The fourth-order valence-electron chi connectivity index (χ4n) is 2.21. The van der Waals surface area contributed by atoms with Crippen molar-refractivity contribution in [3.63, 3.8) is 0 Å². The summed E-state index contributed by atoms with van der Waals surface area (Å²) in [7, 11) is 0. The van der Waals surface area contributed by atoms with Gasteiger partial charge in [0.1, 0.15) is 16.9 Å². The van der Waals surface area contributed by atoms with Gasteiger partial charge in [-0.1, -0.05) is 12.1 Å². The molecule has 1 aromatic heterocycles. The molecule has 3 rings (SSSR count). The minimum atomic E-state index is -0.252. The number of phenolic OH excluding ortho intramolecular Hbond substituents is 1. The van der Waals surface area contributed by atoms with Crippen molar-refractivity contribution in [1.82, 2.24) is 5.32 Å². The largest absolute Gasteiger partial charge is 0.508 e. The first kappa shape index (κ1) is 12.0. The number of fused-ring (bicyclic) bond motifs is 1. The molecule has 1 aliphatic heterocycles. The monoisotopic (exact) mass is 274 g/mol. The number of hydrogen-bond donors (Lipinski definition) is 3. The highest BCUT2D eigenvalue weighted by molar-refractivity contribution is 7.16. The van der Waals surface area contributed by atoms with Crippen LogP contribution in [0.2, 0.25) is 0 Å². The van der Waals surface area contributed by atoms with Gasteiger partial charge in [-0.25, -0.2) is 0 Å². The van der Waals surface area contributed by atoms with Crippen LogP contribution in [0.15, 0.2) is 24.3 Å². The third kappa shape index (κ3) is 1.96. The Kier molecular flexibility index (Phi) is 2.71. The van der Waals surface area contributed by atoms with E-state index in [2.05, 4.69) is 10.6 Å². The Bertz CT molecular complexity index is 646. The summed E-state index contributed by atoms with van der Waals surface area (Å²) < 4.78 is 0. The van der Waals surface area contributed by atoms with Crippen molar-refractivity contribution >= 4 is 22.2 Å². The lowest BCUT2D eigenvalue weighted by atomic mass is 10.1. The van der Waals surface area contributed by atoms with E-state index in [-0.39, 0.29) is 17.8 Å². The molecule has 0 bridgehead atoms. The molecule has 3 N–H and O–H groups in total. The normalized spacial score (nSPS) is 17.6. The van der Waals surface area contributed by atoms with Crippen LogP contribution in [0.4, 0.5) is 5.00 Å². The summed E-state index contributed by atoms with van der Waals surface area (Å²) in [6.45, 7) is 3.98. The number of aromatic hydroxyl groups is 1. The highest BCUT2D eigenvalue weighted by Crippen LogP contribution is 2.37. The molecule has 0 saturated carbocycles. The van der Waals surface area contributed by atoms with Gasteiger partial charge in [-0.15, -0.1) is 11.3 Å². The molecule has 1 atom stereocenters. The van der Waals surface area contributed by atoms with Crippen LogP contribution < -0.4 is 10.6 Å². The van der Waals surface area contributed by atoms with E-state index in [4.69, 9.17) is 0 Å². The summed E-state index contributed by atoms with van der Waals surface area (Å²) in [6.07, 6.45) is -0.252. The molecular formula is C14H14N2O2S. The van der Waals surface area contributed by atoms with E-state index in [9.17, 15) is 9.90 Å². The highest BCUT2D eigenvalue weighted by Gasteiger charge is 2.28. The Labute approximate surface area is 115 Å². The predicted octanol–water partition coefficient (Wildman–Crippen LogP) is 2.92. The molecule has 0 radical (unpaired) electrons. The molecule has 0 aliphatic carbocycles. The Morgan fingerprint density at radius 3 is 2.53 bits per heavy atom. The van der Waals surface area contributed by atoms with Crippen molar-refractivity contribution in [2.75, 3.05) is 5.32 Å². The Balaban J connectivity index is 1.97. The van der Waals surface area contributed by atoms with Crippen molar-refractivity contribution in [2.45, 2.75) is 20.0 Å². The SMILES string of the molecule is Cc1sc2c(c1C)C(=O)N[C@@H](c1ccc(O)cc1)N2. The standard InChI is InChI=1S/C14H14N2O2S/c1-7-8(2)19-14-11(7)13(18)15-12(16-14)9-3-5-10(17)6-4-9/h3-6,12,16-17H,1-2H3,(H,15,18)/t12-/m1/s1. The van der Waals surface area contributed by atoms with Gasteiger partial charge in [-0.3, -0.25) is 4.79 Å². The number of benzene rings is 1. The first-order valence-electron chi connectivity index (χ1n) is 6.02. The second kappa shape index (κ2) is 4.28. The van der Waals surface area contributed by atoms with Gasteiger partial charge in [0, 0.05) is 4.88 Å². The summed E-state index contributed by atoms with van der Waals surface area (Å²) in [5.41, 5.74) is 2.70. The summed E-state index contributed by atoms with van der Waals surface area (Å²) in [6, 6.07) is 6.82. The van der Waals surface area contributed by atoms with Gasteiger partial charge in [0.05, 0.1) is 5.56 Å². The van der Waals surface area contributed by atoms with Crippen molar-refractivity contribution in [3.05, 3.63) is 45.8 Å². The minimum absolute atomic E-state index is 0.0475. The van der Waals surface area contributed by atoms with Crippen molar-refractivity contribution < 1.29 is 9.90 Å². The zero-order valence-electron chi connectivity index (χ0n) is 10.7. The van der Waals surface area contributed by atoms with E-state index in [1.165, 1.54) is 0 Å². The molecule has 1 amide bonds. The molecule has 0 saturated heterocycles. The molecule has 2 aromatic rings. The fourth-order valence-corrected chi connectivity index (χ4v) is 3.29. The average Bonchev–Trinajstić information content (AvgIpc) is 2.66. The number of thiophene rings is 1. The van der Waals surface area contributed by atoms with E-state index in [0.29, 0.717) is 0 Å². The number of nitrogens with one attached hydrogen (secondary N) is 2. The maximum absolute atomic E-state index is 12.2. The molecule has 0 spiro atoms. The minimum Gasteiger partial charge on any atom is -0.508 e. The number of anilines is 1. The van der Waals surface area contributed by atoms with Crippen LogP contribution in [0.3, 0.4) is 0 Å². The smallest absolute Gasteiger partial charge is 0.256 e. The van der Waals surface area contributed by atoms with Crippen molar-refractivity contribution in [2.24, 2.45) is 0 Å². The third-order valence-electron chi connectivity index (χ3n) is 3.39. The first-order valence-corrected chi connectivity index (χ1v) is 6.84. The molecule has 0 fully saturated rings. The number of phenols is 1. The van der Waals surface area contributed by atoms with E-state index in [0.717, 1.165) is 26.6 Å². The second-order valence-corrected chi connectivity index (χ2v) is 5.85. The average molecular weight is 274 g/mol. The topological polar surface area (TPSA) is 61.4 Å². The van der Waals surface area contributed by atoms with Crippen LogP contribution >= 0.6 is 11.3 Å². The van der Waals surface area contributed by atoms with E-state index >= 15 is 0 Å². The van der Waals surface area contributed by atoms with Crippen LogP contribution in [-0.2, 0) is 0 Å². The number of carbonyl (C=O) groups is 1. The lowest BCUT2D eigenvalue weighted by Gasteiger charge is -2.26. The predicted molar refractivity (Wildman–Crippen MR) is 75.7 cm³/mol. The molecule has 1 aromatic carbocycles. The van der Waals surface area contributed by atoms with E-state index < -0.39 is 0 Å². The Hall–Kier alpha value is -2.01. The van der Waals surface area contributed by atoms with Gasteiger partial charge in [0.15, 0.2) is 0 Å². The summed E-state index contributed by atoms with van der Waals surface area (Å²) in [5, 5.41) is 16.5. The summed E-state index contributed by atoms with van der Waals surface area (Å²) >= 11 is 1.60. The second-order valence-electron chi connectivity index (χ2n) is 4.63. The maximum Gasteiger partial charge on any atom is 0.256 e. The van der Waals surface area contributed by atoms with Crippen LogP contribution in [0.25, 0.3) is 0 Å². The van der Waals surface area contributed by atoms with Crippen LogP contribution in [0.1, 0.15) is 32.5 Å². The number of rotatable bonds is 1. The van der Waals surface area contributed by atoms with Gasteiger partial charge in [0.2, 0.25) is 0 Å². The molecule has 1 aliphatic rings. The molecule has 4 nitrogen and oxygen atoms in total. The lowest BCUT2D eigenvalue weighted by Crippen LogP contribution is -2.38. The van der Waals surface area contributed by atoms with Crippen molar-refractivity contribution in [1.29, 1.82) is 0 Å². The quantitative estimate of drug-likeness (QED) is 0.749. The van der Waals surface area contributed by atoms with E-state index in [1.807, 2.05) is 13.8 Å². The highest BCUT2D eigenvalue weighted by atomic mass is 32.1. The number of hydrogen-bond acceptors (Lipinski definition) is 4. The van der Waals surface area contributed by atoms with E-state index in [1.54, 1.807) is 35.6 Å². The molecular weight excluding hydrogens is 260 g/mol. The first-order chi connectivity index (χ1) is 9.06. The van der Waals surface area contributed by atoms with Crippen molar-refractivity contribution in [3.8, 4) is 5.75 Å². The Morgan fingerprint density at radius 1 is 1.16 bits per heavy atom. The Morgan fingerprint density at radius 2 is 1.84 bits per heavy atom. The number of carbonyl (C=O) groups excluding carboxylic acids is 1. The fraction of sp³-hybridized carbons (Fsp3) is 0.214. The maximum atomic E-state index is 12.2. The zero-order chi connectivity index (χ0) is 13.6. The van der Waals surface area contributed by atoms with Gasteiger partial charge in [0.25, 0.3) is 5.91 Å². The molecule has 5 heteroatoms. The summed E-state index contributed by atoms with van der Waals surface area (Å²) in [4.78, 5) is 13.3. The van der Waals surface area contributed by atoms with Crippen LogP contribution in [0, 0.1) is 13.8 Å².